The number of rotatable bonds is 1. The van der Waals surface area contributed by atoms with Crippen molar-refractivity contribution < 1.29 is 27.1 Å². The van der Waals surface area contributed by atoms with Crippen molar-refractivity contribution in [2.45, 2.75) is 12.3 Å². The lowest BCUT2D eigenvalue weighted by Gasteiger charge is -2.10. The van der Waals surface area contributed by atoms with Crippen molar-refractivity contribution in [1.82, 2.24) is 0 Å². The third kappa shape index (κ3) is 2.41. The van der Waals surface area contributed by atoms with Crippen molar-refractivity contribution in [3.63, 3.8) is 0 Å². The smallest absolute Gasteiger partial charge is 0.332 e. The van der Waals surface area contributed by atoms with Crippen LogP contribution < -0.4 is 0 Å². The first-order valence-electron chi connectivity index (χ1n) is 3.49. The lowest BCUT2D eigenvalue weighted by Crippen LogP contribution is -2.12. The summed E-state index contributed by atoms with van der Waals surface area (Å²) in [5.41, 5.74) is -1.91. The molecular formula is C8H5F5O. The average Bonchev–Trinajstić information content (AvgIpc) is 2.01. The first-order chi connectivity index (χ1) is 6.21. The summed E-state index contributed by atoms with van der Waals surface area (Å²) in [6.45, 7) is 0. The second-order valence-corrected chi connectivity index (χ2v) is 2.62. The molecule has 0 saturated heterocycles. The highest BCUT2D eigenvalue weighted by molar-refractivity contribution is 5.26. The van der Waals surface area contributed by atoms with Gasteiger partial charge in [0.2, 0.25) is 0 Å². The Labute approximate surface area is 75.8 Å². The normalized spacial score (nSPS) is 13.0. The van der Waals surface area contributed by atoms with Crippen molar-refractivity contribution in [2.24, 2.45) is 0 Å². The Bertz CT molecular complexity index is 275. The van der Waals surface area contributed by atoms with Crippen LogP contribution in [0.25, 0.3) is 0 Å². The van der Waals surface area contributed by atoms with Crippen LogP contribution in [-0.4, -0.2) is 5.11 Å². The lowest BCUT2D eigenvalue weighted by molar-refractivity contribution is -0.208. The van der Waals surface area contributed by atoms with E-state index in [-0.39, 0.29) is 0 Å². The second-order valence-electron chi connectivity index (χ2n) is 2.62. The SMILES string of the molecule is OC(F)(F)c1ccc(C(F)(F)F)cc1. The Kier molecular flexibility index (Phi) is 2.49. The molecule has 1 rings (SSSR count). The van der Waals surface area contributed by atoms with Crippen molar-refractivity contribution in [2.75, 3.05) is 0 Å². The average molecular weight is 212 g/mol. The van der Waals surface area contributed by atoms with Crippen LogP contribution in [0, 0.1) is 0 Å². The van der Waals surface area contributed by atoms with E-state index in [4.69, 9.17) is 5.11 Å². The summed E-state index contributed by atoms with van der Waals surface area (Å²) in [5.74, 6) is 0. The highest BCUT2D eigenvalue weighted by Crippen LogP contribution is 2.31. The van der Waals surface area contributed by atoms with Gasteiger partial charge >= 0.3 is 12.3 Å². The molecule has 0 bridgehead atoms. The molecule has 0 aliphatic rings. The quantitative estimate of drug-likeness (QED) is 0.709. The monoisotopic (exact) mass is 212 g/mol. The molecule has 6 heteroatoms. The summed E-state index contributed by atoms with van der Waals surface area (Å²) in [7, 11) is 0. The fraction of sp³-hybridized carbons (Fsp3) is 0.250. The maximum absolute atomic E-state index is 12.2. The summed E-state index contributed by atoms with van der Waals surface area (Å²) in [6, 6.07) is 2.03. The molecular weight excluding hydrogens is 207 g/mol. The van der Waals surface area contributed by atoms with Crippen LogP contribution in [0.4, 0.5) is 22.0 Å². The molecule has 0 spiro atoms. The molecule has 0 aliphatic carbocycles. The molecule has 0 atom stereocenters. The summed E-state index contributed by atoms with van der Waals surface area (Å²) in [4.78, 5) is 0. The van der Waals surface area contributed by atoms with Gasteiger partial charge in [-0.2, -0.15) is 22.0 Å². The zero-order valence-corrected chi connectivity index (χ0v) is 6.65. The minimum atomic E-state index is -4.57. The summed E-state index contributed by atoms with van der Waals surface area (Å²) in [5, 5.41) is 8.17. The molecule has 0 aliphatic heterocycles. The first-order valence-corrected chi connectivity index (χ1v) is 3.49. The van der Waals surface area contributed by atoms with E-state index in [0.29, 0.717) is 24.3 Å². The largest absolute Gasteiger partial charge is 0.416 e. The van der Waals surface area contributed by atoms with E-state index in [0.717, 1.165) is 0 Å². The lowest BCUT2D eigenvalue weighted by atomic mass is 10.1. The van der Waals surface area contributed by atoms with Crippen molar-refractivity contribution in [3.05, 3.63) is 35.4 Å². The van der Waals surface area contributed by atoms with Gasteiger partial charge in [-0.15, -0.1) is 0 Å². The van der Waals surface area contributed by atoms with Gasteiger partial charge in [-0.1, -0.05) is 0 Å². The Morgan fingerprint density at radius 3 is 1.43 bits per heavy atom. The summed E-state index contributed by atoms with van der Waals surface area (Å²) >= 11 is 0. The van der Waals surface area contributed by atoms with Crippen LogP contribution in [0.3, 0.4) is 0 Å². The maximum Gasteiger partial charge on any atom is 0.416 e. The molecule has 0 amide bonds. The van der Waals surface area contributed by atoms with E-state index in [1.807, 2.05) is 0 Å². The molecule has 0 heterocycles. The minimum Gasteiger partial charge on any atom is -0.332 e. The Balaban J connectivity index is 3.02. The minimum absolute atomic E-state index is 0.486. The van der Waals surface area contributed by atoms with Gasteiger partial charge in [0.1, 0.15) is 0 Å². The van der Waals surface area contributed by atoms with E-state index in [1.54, 1.807) is 0 Å². The van der Waals surface area contributed by atoms with Crippen LogP contribution in [0.1, 0.15) is 11.1 Å². The van der Waals surface area contributed by atoms with Gasteiger partial charge in [-0.3, -0.25) is 0 Å². The van der Waals surface area contributed by atoms with E-state index in [1.165, 1.54) is 0 Å². The fourth-order valence-corrected chi connectivity index (χ4v) is 0.860. The van der Waals surface area contributed by atoms with Crippen LogP contribution in [-0.2, 0) is 12.3 Å². The van der Waals surface area contributed by atoms with Crippen molar-refractivity contribution >= 4 is 0 Å². The molecule has 0 saturated carbocycles. The van der Waals surface area contributed by atoms with Crippen molar-refractivity contribution in [1.29, 1.82) is 0 Å². The van der Waals surface area contributed by atoms with E-state index in [2.05, 4.69) is 0 Å². The molecule has 0 fully saturated rings. The predicted molar refractivity (Wildman–Crippen MR) is 37.6 cm³/mol. The van der Waals surface area contributed by atoms with Crippen LogP contribution in [0.5, 0.6) is 0 Å². The summed E-state index contributed by atoms with van der Waals surface area (Å²) < 4.78 is 60.2. The molecule has 1 N–H and O–H groups in total. The van der Waals surface area contributed by atoms with Gasteiger partial charge in [0.25, 0.3) is 0 Å². The number of aliphatic hydroxyl groups is 1. The predicted octanol–water partition coefficient (Wildman–Crippen LogP) is 2.75. The molecule has 0 aromatic heterocycles. The number of halogens is 5. The number of hydrogen-bond acceptors (Lipinski definition) is 1. The molecule has 78 valence electrons. The number of alkyl halides is 5. The van der Waals surface area contributed by atoms with Crippen LogP contribution in [0.2, 0.25) is 0 Å². The molecule has 1 aromatic rings. The first kappa shape index (κ1) is 10.9. The molecule has 1 nitrogen and oxygen atoms in total. The van der Waals surface area contributed by atoms with E-state index < -0.39 is 23.4 Å². The molecule has 1 aromatic carbocycles. The van der Waals surface area contributed by atoms with E-state index >= 15 is 0 Å². The van der Waals surface area contributed by atoms with Gasteiger partial charge in [0, 0.05) is 0 Å². The van der Waals surface area contributed by atoms with Gasteiger partial charge in [0.05, 0.1) is 11.1 Å². The Morgan fingerprint density at radius 2 is 1.14 bits per heavy atom. The topological polar surface area (TPSA) is 20.2 Å². The van der Waals surface area contributed by atoms with Crippen LogP contribution >= 0.6 is 0 Å². The Hall–Kier alpha value is -1.17. The molecule has 0 radical (unpaired) electrons. The second kappa shape index (κ2) is 3.20. The van der Waals surface area contributed by atoms with Crippen LogP contribution in [0.15, 0.2) is 24.3 Å². The third-order valence-electron chi connectivity index (χ3n) is 1.56. The molecule has 0 unspecified atom stereocenters. The van der Waals surface area contributed by atoms with Crippen molar-refractivity contribution in [3.8, 4) is 0 Å². The fourth-order valence-electron chi connectivity index (χ4n) is 0.860. The standard InChI is InChI=1S/C8H5F5O/c9-7(10,11)5-1-3-6(4-2-5)8(12,13)14/h1-4,14H. The van der Waals surface area contributed by atoms with Gasteiger partial charge in [-0.25, -0.2) is 0 Å². The number of hydrogen-bond donors (Lipinski definition) is 1. The summed E-state index contributed by atoms with van der Waals surface area (Å²) in [6.07, 6.45) is -8.67. The van der Waals surface area contributed by atoms with E-state index in [9.17, 15) is 22.0 Å². The third-order valence-corrected chi connectivity index (χ3v) is 1.56. The maximum atomic E-state index is 12.2. The Morgan fingerprint density at radius 1 is 0.786 bits per heavy atom. The zero-order chi connectivity index (χ0) is 11.0. The van der Waals surface area contributed by atoms with Gasteiger partial charge in [-0.05, 0) is 24.3 Å². The number of benzene rings is 1. The van der Waals surface area contributed by atoms with Gasteiger partial charge < -0.3 is 5.11 Å². The highest BCUT2D eigenvalue weighted by atomic mass is 19.4. The highest BCUT2D eigenvalue weighted by Gasteiger charge is 2.32. The van der Waals surface area contributed by atoms with Gasteiger partial charge in [0.15, 0.2) is 0 Å². The zero-order valence-electron chi connectivity index (χ0n) is 6.65. The molecule has 14 heavy (non-hydrogen) atoms.